The number of carbonyl (C=O) groups is 1. The highest BCUT2D eigenvalue weighted by molar-refractivity contribution is 9.10. The Labute approximate surface area is 246 Å². The Bertz CT molecular complexity index is 1350. The van der Waals surface area contributed by atoms with Gasteiger partial charge in [-0.05, 0) is 81.4 Å². The van der Waals surface area contributed by atoms with Gasteiger partial charge >= 0.3 is 12.1 Å². The van der Waals surface area contributed by atoms with Crippen LogP contribution in [0.2, 0.25) is 5.02 Å². The number of piperidine rings is 1. The summed E-state index contributed by atoms with van der Waals surface area (Å²) in [5.74, 6) is -0.0777. The maximum absolute atomic E-state index is 15.5. The van der Waals surface area contributed by atoms with E-state index in [0.29, 0.717) is 43.8 Å². The summed E-state index contributed by atoms with van der Waals surface area (Å²) in [4.78, 5) is 28.3. The quantitative estimate of drug-likeness (QED) is 0.372. The van der Waals surface area contributed by atoms with Crippen molar-refractivity contribution < 1.29 is 23.0 Å². The predicted octanol–water partition coefficient (Wildman–Crippen LogP) is 6.12. The molecule has 5 heterocycles. The first-order valence-corrected chi connectivity index (χ1v) is 15.2. The molecular formula is C28H35BrClF2N5O3. The largest absolute Gasteiger partial charge is 0.461 e. The van der Waals surface area contributed by atoms with E-state index >= 15 is 4.39 Å². The number of rotatable bonds is 4. The molecule has 1 amide bonds. The van der Waals surface area contributed by atoms with E-state index in [2.05, 4.69) is 30.7 Å². The lowest BCUT2D eigenvalue weighted by atomic mass is 9.78. The van der Waals surface area contributed by atoms with Crippen molar-refractivity contribution in [2.75, 3.05) is 44.2 Å². The summed E-state index contributed by atoms with van der Waals surface area (Å²) in [5, 5.41) is 0.693. The van der Waals surface area contributed by atoms with Crippen LogP contribution in [-0.2, 0) is 4.74 Å². The van der Waals surface area contributed by atoms with Crippen LogP contribution in [0.25, 0.3) is 10.9 Å². The fraction of sp³-hybridized carbons (Fsp3) is 0.679. The number of fused-ring (bicyclic) bond motifs is 2. The van der Waals surface area contributed by atoms with E-state index in [-0.39, 0.29) is 44.8 Å². The second kappa shape index (κ2) is 10.1. The van der Waals surface area contributed by atoms with Gasteiger partial charge in [0.1, 0.15) is 29.7 Å². The number of ether oxygens (including phenoxy) is 2. The van der Waals surface area contributed by atoms with E-state index in [1.165, 1.54) is 0 Å². The third-order valence-corrected chi connectivity index (χ3v) is 10.2. The predicted molar refractivity (Wildman–Crippen MR) is 152 cm³/mol. The van der Waals surface area contributed by atoms with Crippen LogP contribution >= 0.6 is 27.5 Å². The molecular weight excluding hydrogens is 608 g/mol. The zero-order chi connectivity index (χ0) is 28.4. The number of alkyl halides is 1. The van der Waals surface area contributed by atoms with Crippen LogP contribution in [0.4, 0.5) is 19.4 Å². The minimum Gasteiger partial charge on any atom is -0.461 e. The highest BCUT2D eigenvalue weighted by Gasteiger charge is 2.52. The van der Waals surface area contributed by atoms with Crippen molar-refractivity contribution in [1.82, 2.24) is 19.8 Å². The average Bonchev–Trinajstić information content (AvgIpc) is 3.40. The van der Waals surface area contributed by atoms with Crippen molar-refractivity contribution in [3.05, 3.63) is 21.4 Å². The standard InChI is InChI=1S/C28H35BrClF2N5O3/c1-26(2,3)40-25(38)37-11-8-27(37)6-4-9-35(15-27)23-18-12-19(30)20(29)21(32)22(18)33-24(34-23)39-16-28-7-5-10-36(28)14-17(31)13-28/h12,17H,4-11,13-16H2,1-3H3/t17-,27?,28+/m1/s1. The Morgan fingerprint density at radius 2 is 1.98 bits per heavy atom. The van der Waals surface area contributed by atoms with Crippen molar-refractivity contribution in [1.29, 1.82) is 0 Å². The van der Waals surface area contributed by atoms with Gasteiger partial charge in [0.25, 0.3) is 0 Å². The number of carbonyl (C=O) groups excluding carboxylic acids is 1. The van der Waals surface area contributed by atoms with E-state index in [4.69, 9.17) is 26.1 Å². The summed E-state index contributed by atoms with van der Waals surface area (Å²) in [7, 11) is 0. The fourth-order valence-electron chi connectivity index (χ4n) is 6.95. The minimum atomic E-state index is -0.882. The van der Waals surface area contributed by atoms with E-state index in [1.54, 1.807) is 6.07 Å². The number of likely N-dealkylation sites (tertiary alicyclic amines) is 1. The van der Waals surface area contributed by atoms with Gasteiger partial charge in [-0.2, -0.15) is 9.97 Å². The van der Waals surface area contributed by atoms with Crippen LogP contribution in [0.15, 0.2) is 10.5 Å². The first kappa shape index (κ1) is 28.2. The monoisotopic (exact) mass is 641 g/mol. The number of aromatic nitrogens is 2. The molecule has 1 aromatic carbocycles. The topological polar surface area (TPSA) is 71.0 Å². The van der Waals surface area contributed by atoms with Gasteiger partial charge in [-0.15, -0.1) is 0 Å². The van der Waals surface area contributed by atoms with E-state index in [9.17, 15) is 9.18 Å². The molecule has 0 bridgehead atoms. The molecule has 0 aliphatic carbocycles. The average molecular weight is 643 g/mol. The summed E-state index contributed by atoms with van der Waals surface area (Å²) in [6.45, 7) is 8.90. The Hall–Kier alpha value is -1.98. The van der Waals surface area contributed by atoms with E-state index in [0.717, 1.165) is 38.6 Å². The van der Waals surface area contributed by atoms with Gasteiger partial charge in [0.2, 0.25) is 0 Å². The maximum Gasteiger partial charge on any atom is 0.410 e. The number of hydrogen-bond donors (Lipinski definition) is 0. The molecule has 2 aromatic rings. The number of benzene rings is 1. The van der Waals surface area contributed by atoms with Gasteiger partial charge < -0.3 is 19.3 Å². The molecule has 1 unspecified atom stereocenters. The minimum absolute atomic E-state index is 0.0522. The summed E-state index contributed by atoms with van der Waals surface area (Å²) < 4.78 is 41.8. The molecule has 4 aliphatic heterocycles. The third-order valence-electron chi connectivity index (χ3n) is 8.86. The van der Waals surface area contributed by atoms with Crippen LogP contribution < -0.4 is 9.64 Å². The van der Waals surface area contributed by atoms with Gasteiger partial charge in [-0.3, -0.25) is 4.90 Å². The van der Waals surface area contributed by atoms with Crippen LogP contribution in [0, 0.1) is 5.82 Å². The van der Waals surface area contributed by atoms with Crippen LogP contribution in [-0.4, -0.2) is 88.0 Å². The molecule has 4 saturated heterocycles. The Kier molecular flexibility index (Phi) is 7.10. The lowest BCUT2D eigenvalue weighted by Gasteiger charge is -2.56. The van der Waals surface area contributed by atoms with E-state index in [1.807, 2.05) is 25.7 Å². The normalized spacial score (nSPS) is 28.7. The Morgan fingerprint density at radius 3 is 2.70 bits per heavy atom. The molecule has 4 aliphatic rings. The zero-order valence-electron chi connectivity index (χ0n) is 23.1. The molecule has 0 N–H and O–H groups in total. The summed E-state index contributed by atoms with van der Waals surface area (Å²) in [6.07, 6.45) is 3.56. The molecule has 40 heavy (non-hydrogen) atoms. The first-order chi connectivity index (χ1) is 18.9. The van der Waals surface area contributed by atoms with Gasteiger partial charge in [-0.25, -0.2) is 13.6 Å². The number of amides is 1. The highest BCUT2D eigenvalue weighted by atomic mass is 79.9. The Balaban J connectivity index is 1.33. The smallest absolute Gasteiger partial charge is 0.410 e. The van der Waals surface area contributed by atoms with Crippen LogP contribution in [0.3, 0.4) is 0 Å². The van der Waals surface area contributed by atoms with Gasteiger partial charge in [0.05, 0.1) is 20.6 Å². The van der Waals surface area contributed by atoms with Crippen molar-refractivity contribution >= 4 is 50.3 Å². The fourth-order valence-corrected chi connectivity index (χ4v) is 7.44. The Morgan fingerprint density at radius 1 is 1.20 bits per heavy atom. The molecule has 218 valence electrons. The second-order valence-electron chi connectivity index (χ2n) is 12.7. The molecule has 1 spiro atoms. The summed E-state index contributed by atoms with van der Waals surface area (Å²) in [6, 6.07) is 1.72. The van der Waals surface area contributed by atoms with Crippen molar-refractivity contribution in [3.8, 4) is 6.01 Å². The maximum atomic E-state index is 15.5. The van der Waals surface area contributed by atoms with E-state index < -0.39 is 17.6 Å². The molecule has 0 radical (unpaired) electrons. The summed E-state index contributed by atoms with van der Waals surface area (Å²) >= 11 is 9.62. The zero-order valence-corrected chi connectivity index (χ0v) is 25.5. The molecule has 1 aromatic heterocycles. The number of nitrogens with zero attached hydrogens (tertiary/aromatic N) is 5. The highest BCUT2D eigenvalue weighted by Crippen LogP contribution is 2.44. The molecule has 3 atom stereocenters. The first-order valence-electron chi connectivity index (χ1n) is 14.0. The molecule has 12 heteroatoms. The molecule has 4 fully saturated rings. The molecule has 6 rings (SSSR count). The van der Waals surface area contributed by atoms with Crippen LogP contribution in [0.1, 0.15) is 59.3 Å². The lowest BCUT2D eigenvalue weighted by molar-refractivity contribution is -0.0496. The SMILES string of the molecule is CC(C)(C)OC(=O)N1CCC12CCCN(c1nc(OC[C@@]34CCCN3C[C@H](F)C4)nc3c(F)c(Br)c(Cl)cc13)C2. The third kappa shape index (κ3) is 4.89. The van der Waals surface area contributed by atoms with Gasteiger partial charge in [0, 0.05) is 38.0 Å². The lowest BCUT2D eigenvalue weighted by Crippen LogP contribution is -2.69. The van der Waals surface area contributed by atoms with Crippen molar-refractivity contribution in [2.45, 2.75) is 82.1 Å². The van der Waals surface area contributed by atoms with Crippen molar-refractivity contribution in [3.63, 3.8) is 0 Å². The van der Waals surface area contributed by atoms with Gasteiger partial charge in [-0.1, -0.05) is 11.6 Å². The summed E-state index contributed by atoms with van der Waals surface area (Å²) in [5.41, 5.74) is -1.26. The molecule has 8 nitrogen and oxygen atoms in total. The number of halogens is 4. The van der Waals surface area contributed by atoms with Crippen LogP contribution in [0.5, 0.6) is 6.01 Å². The second-order valence-corrected chi connectivity index (χ2v) is 13.9. The number of anilines is 1. The number of hydrogen-bond acceptors (Lipinski definition) is 7. The van der Waals surface area contributed by atoms with Gasteiger partial charge in [0.15, 0.2) is 5.82 Å². The molecule has 0 saturated carbocycles. The van der Waals surface area contributed by atoms with Crippen molar-refractivity contribution in [2.24, 2.45) is 0 Å².